The fourth-order valence-corrected chi connectivity index (χ4v) is 4.07. The van der Waals surface area contributed by atoms with E-state index < -0.39 is 35.8 Å². The van der Waals surface area contributed by atoms with E-state index >= 15 is 0 Å². The molecule has 0 saturated heterocycles. The third-order valence-electron chi connectivity index (χ3n) is 6.12. The summed E-state index contributed by atoms with van der Waals surface area (Å²) >= 11 is 0. The van der Waals surface area contributed by atoms with Crippen molar-refractivity contribution in [1.82, 2.24) is 15.0 Å². The molecule has 1 aliphatic rings. The molecule has 1 amide bonds. The van der Waals surface area contributed by atoms with E-state index in [1.54, 1.807) is 24.5 Å². The summed E-state index contributed by atoms with van der Waals surface area (Å²) in [5.74, 6) is -1.90. The van der Waals surface area contributed by atoms with Crippen molar-refractivity contribution in [2.75, 3.05) is 12.4 Å². The molecule has 2 N–H and O–H groups in total. The summed E-state index contributed by atoms with van der Waals surface area (Å²) in [5, 5.41) is 2.96. The molecule has 0 aliphatic heterocycles. The van der Waals surface area contributed by atoms with Gasteiger partial charge in [0.25, 0.3) is 0 Å². The van der Waals surface area contributed by atoms with Crippen LogP contribution < -0.4 is 10.1 Å². The Kier molecular flexibility index (Phi) is 6.14. The van der Waals surface area contributed by atoms with Crippen molar-refractivity contribution in [1.29, 1.82) is 0 Å². The maximum Gasteiger partial charge on any atom is 0.421 e. The van der Waals surface area contributed by atoms with E-state index in [4.69, 9.17) is 0 Å². The highest BCUT2D eigenvalue weighted by Crippen LogP contribution is 2.37. The van der Waals surface area contributed by atoms with Crippen molar-refractivity contribution < 1.29 is 31.9 Å². The fraction of sp³-hybridized carbons (Fsp3) is 0.231. The van der Waals surface area contributed by atoms with Gasteiger partial charge in [0.15, 0.2) is 5.78 Å². The van der Waals surface area contributed by atoms with Crippen LogP contribution in [-0.2, 0) is 17.4 Å². The number of anilines is 1. The Hall–Kier alpha value is -4.28. The molecule has 3 heterocycles. The lowest BCUT2D eigenvalue weighted by molar-refractivity contribution is -0.139. The number of carbonyl (C=O) groups excluding carboxylic acids is 2. The maximum atomic E-state index is 14.9. The number of hydrogen-bond acceptors (Lipinski definition) is 5. The number of rotatable bonds is 7. The van der Waals surface area contributed by atoms with E-state index in [9.17, 15) is 27.2 Å². The molecule has 5 rings (SSSR count). The van der Waals surface area contributed by atoms with Crippen LogP contribution in [0.1, 0.15) is 34.3 Å². The zero-order valence-corrected chi connectivity index (χ0v) is 19.4. The van der Waals surface area contributed by atoms with Gasteiger partial charge in [-0.15, -0.1) is 0 Å². The van der Waals surface area contributed by atoms with Crippen molar-refractivity contribution in [3.63, 3.8) is 0 Å². The number of Topliss-reactive ketones (excluding diaryl/α,β-unsaturated/α-hetero) is 1. The highest BCUT2D eigenvalue weighted by atomic mass is 19.4. The summed E-state index contributed by atoms with van der Waals surface area (Å²) in [6.07, 6.45) is 0.826. The van der Waals surface area contributed by atoms with Crippen LogP contribution >= 0.6 is 0 Å². The number of fused-ring (bicyclic) bond motifs is 1. The molecule has 1 aromatic carbocycles. The first kappa shape index (κ1) is 24.4. The largest absolute Gasteiger partial charge is 0.481 e. The minimum absolute atomic E-state index is 0.0410. The standard InChI is InChI=1S/C26H20F4N4O3/c1-37-25-20(26(28,29)30)9-17(11-33-25)34-22(35)8-15-5-4-14(7-21(15)27)16-6-18-19(23(36)13-2-3-13)12-32-24(18)31-10-16/h4-7,9-13H,2-3,8H2,1H3,(H,31,32)(H,34,35). The number of H-pyrrole nitrogens is 1. The number of hydrogen-bond donors (Lipinski definition) is 2. The number of ether oxygens (including phenoxy) is 1. The average molecular weight is 512 g/mol. The first-order valence-corrected chi connectivity index (χ1v) is 11.3. The van der Waals surface area contributed by atoms with Gasteiger partial charge >= 0.3 is 6.18 Å². The zero-order chi connectivity index (χ0) is 26.3. The van der Waals surface area contributed by atoms with Crippen LogP contribution in [0.5, 0.6) is 5.88 Å². The van der Waals surface area contributed by atoms with E-state index in [0.717, 1.165) is 26.1 Å². The Morgan fingerprint density at radius 3 is 2.57 bits per heavy atom. The van der Waals surface area contributed by atoms with Gasteiger partial charge in [-0.1, -0.05) is 12.1 Å². The number of halogens is 4. The number of alkyl halides is 3. The van der Waals surface area contributed by atoms with Crippen LogP contribution in [0.2, 0.25) is 0 Å². The predicted octanol–water partition coefficient (Wildman–Crippen LogP) is 5.57. The average Bonchev–Trinajstić information content (AvgIpc) is 3.63. The molecule has 1 fully saturated rings. The molecular formula is C26H20F4N4O3. The number of aromatic nitrogens is 3. The second-order valence-electron chi connectivity index (χ2n) is 8.77. The van der Waals surface area contributed by atoms with Gasteiger partial charge in [-0.2, -0.15) is 13.2 Å². The van der Waals surface area contributed by atoms with Crippen LogP contribution in [0.4, 0.5) is 23.2 Å². The normalized spacial score (nSPS) is 13.5. The minimum Gasteiger partial charge on any atom is -0.481 e. The molecule has 0 bridgehead atoms. The van der Waals surface area contributed by atoms with Gasteiger partial charge in [0.05, 0.1) is 25.4 Å². The maximum absolute atomic E-state index is 14.9. The number of nitrogens with zero attached hydrogens (tertiary/aromatic N) is 2. The Morgan fingerprint density at radius 2 is 1.89 bits per heavy atom. The Balaban J connectivity index is 1.33. The van der Waals surface area contributed by atoms with E-state index in [1.165, 1.54) is 12.1 Å². The third-order valence-corrected chi connectivity index (χ3v) is 6.12. The molecule has 1 aliphatic carbocycles. The van der Waals surface area contributed by atoms with Gasteiger partial charge in [0.1, 0.15) is 17.0 Å². The Bertz CT molecular complexity index is 1530. The van der Waals surface area contributed by atoms with Crippen LogP contribution in [-0.4, -0.2) is 33.8 Å². The summed E-state index contributed by atoms with van der Waals surface area (Å²) in [7, 11) is 1.06. The number of nitrogens with one attached hydrogen (secondary N) is 2. The highest BCUT2D eigenvalue weighted by molar-refractivity contribution is 6.09. The second kappa shape index (κ2) is 9.30. The van der Waals surface area contributed by atoms with Crippen LogP contribution in [0.15, 0.2) is 48.9 Å². The predicted molar refractivity (Wildman–Crippen MR) is 127 cm³/mol. The van der Waals surface area contributed by atoms with E-state index in [-0.39, 0.29) is 23.0 Å². The van der Waals surface area contributed by atoms with Crippen molar-refractivity contribution in [2.45, 2.75) is 25.4 Å². The summed E-state index contributed by atoms with van der Waals surface area (Å²) in [5.41, 5.74) is 0.924. The topological polar surface area (TPSA) is 97.0 Å². The number of aromatic amines is 1. The smallest absolute Gasteiger partial charge is 0.421 e. The highest BCUT2D eigenvalue weighted by Gasteiger charge is 2.36. The lowest BCUT2D eigenvalue weighted by atomic mass is 10.0. The number of benzene rings is 1. The fourth-order valence-electron chi connectivity index (χ4n) is 4.07. The molecule has 3 aromatic heterocycles. The van der Waals surface area contributed by atoms with Gasteiger partial charge in [0.2, 0.25) is 11.8 Å². The summed E-state index contributed by atoms with van der Waals surface area (Å²) in [6.45, 7) is 0. The number of pyridine rings is 2. The molecule has 37 heavy (non-hydrogen) atoms. The van der Waals surface area contributed by atoms with Crippen molar-refractivity contribution in [3.05, 3.63) is 71.4 Å². The Morgan fingerprint density at radius 1 is 1.11 bits per heavy atom. The lowest BCUT2D eigenvalue weighted by Gasteiger charge is -2.13. The molecule has 7 nitrogen and oxygen atoms in total. The van der Waals surface area contributed by atoms with Crippen molar-refractivity contribution in [2.24, 2.45) is 5.92 Å². The van der Waals surface area contributed by atoms with E-state index in [0.29, 0.717) is 33.8 Å². The second-order valence-corrected chi connectivity index (χ2v) is 8.77. The Labute approximate surface area is 207 Å². The van der Waals surface area contributed by atoms with Gasteiger partial charge in [-0.25, -0.2) is 14.4 Å². The first-order chi connectivity index (χ1) is 17.6. The van der Waals surface area contributed by atoms with E-state index in [2.05, 4.69) is 25.0 Å². The zero-order valence-electron chi connectivity index (χ0n) is 19.4. The van der Waals surface area contributed by atoms with Gasteiger partial charge < -0.3 is 15.0 Å². The first-order valence-electron chi connectivity index (χ1n) is 11.3. The summed E-state index contributed by atoms with van der Waals surface area (Å²) < 4.78 is 59.1. The van der Waals surface area contributed by atoms with Crippen LogP contribution in [0.25, 0.3) is 22.2 Å². The van der Waals surface area contributed by atoms with Crippen molar-refractivity contribution in [3.8, 4) is 17.0 Å². The monoisotopic (exact) mass is 512 g/mol. The molecule has 0 spiro atoms. The molecule has 190 valence electrons. The number of methoxy groups -OCH3 is 1. The number of amides is 1. The summed E-state index contributed by atoms with van der Waals surface area (Å²) in [4.78, 5) is 35.9. The van der Waals surface area contributed by atoms with Gasteiger partial charge in [-0.05, 0) is 42.2 Å². The number of ketones is 1. The molecule has 1 saturated carbocycles. The SMILES string of the molecule is COc1ncc(NC(=O)Cc2ccc(-c3cnc4[nH]cc(C(=O)C5CC5)c4c3)cc2F)cc1C(F)(F)F. The quantitative estimate of drug-likeness (QED) is 0.250. The number of carbonyl (C=O) groups is 2. The molecule has 11 heteroatoms. The van der Waals surface area contributed by atoms with Crippen LogP contribution in [0, 0.1) is 11.7 Å². The molecule has 4 aromatic rings. The lowest BCUT2D eigenvalue weighted by Crippen LogP contribution is -2.17. The van der Waals surface area contributed by atoms with Gasteiger partial charge in [0, 0.05) is 34.8 Å². The van der Waals surface area contributed by atoms with Crippen molar-refractivity contribution >= 4 is 28.4 Å². The van der Waals surface area contributed by atoms with E-state index in [1.807, 2.05) is 0 Å². The molecule has 0 radical (unpaired) electrons. The summed E-state index contributed by atoms with van der Waals surface area (Å²) in [6, 6.07) is 6.76. The minimum atomic E-state index is -4.73. The third kappa shape index (κ3) is 5.02. The van der Waals surface area contributed by atoms with Gasteiger partial charge in [-0.3, -0.25) is 9.59 Å². The molecule has 0 atom stereocenters. The molecular weight excluding hydrogens is 492 g/mol. The molecule has 0 unspecified atom stereocenters. The van der Waals surface area contributed by atoms with Crippen LogP contribution in [0.3, 0.4) is 0 Å².